The number of nitrogens with two attached hydrogens (primary N) is 1. The first-order chi connectivity index (χ1) is 14.7. The lowest BCUT2D eigenvalue weighted by atomic mass is 10.1. The Morgan fingerprint density at radius 1 is 1.03 bits per heavy atom. The molecule has 6 nitrogen and oxygen atoms in total. The van der Waals surface area contributed by atoms with Crippen molar-refractivity contribution >= 4 is 34.4 Å². The van der Waals surface area contributed by atoms with E-state index >= 15 is 0 Å². The molecule has 30 heavy (non-hydrogen) atoms. The van der Waals surface area contributed by atoms with Crippen LogP contribution in [0, 0.1) is 0 Å². The molecule has 1 saturated carbocycles. The van der Waals surface area contributed by atoms with E-state index < -0.39 is 0 Å². The van der Waals surface area contributed by atoms with Gasteiger partial charge in [-0.05, 0) is 30.5 Å². The quantitative estimate of drug-likeness (QED) is 0.469. The van der Waals surface area contributed by atoms with Crippen LogP contribution in [0.25, 0.3) is 22.3 Å². The van der Waals surface area contributed by atoms with Gasteiger partial charge >= 0.3 is 0 Å². The molecular weight excluding hydrogens is 396 g/mol. The van der Waals surface area contributed by atoms with Gasteiger partial charge in [0.15, 0.2) is 5.65 Å². The van der Waals surface area contributed by atoms with Gasteiger partial charge in [-0.3, -0.25) is 0 Å². The molecular formula is C23H23ClN6. The minimum absolute atomic E-state index is 0.401. The van der Waals surface area contributed by atoms with E-state index in [4.69, 9.17) is 32.4 Å². The Morgan fingerprint density at radius 2 is 1.83 bits per heavy atom. The predicted molar refractivity (Wildman–Crippen MR) is 122 cm³/mol. The van der Waals surface area contributed by atoms with Crippen molar-refractivity contribution < 1.29 is 0 Å². The number of nitrogens with one attached hydrogen (secondary N) is 1. The van der Waals surface area contributed by atoms with Crippen LogP contribution in [0.4, 0.5) is 11.8 Å². The van der Waals surface area contributed by atoms with Crippen LogP contribution in [-0.2, 0) is 6.54 Å². The van der Waals surface area contributed by atoms with E-state index in [0.717, 1.165) is 35.0 Å². The molecule has 2 aromatic carbocycles. The van der Waals surface area contributed by atoms with E-state index in [-0.39, 0.29) is 0 Å². The van der Waals surface area contributed by atoms with Gasteiger partial charge in [-0.2, -0.15) is 4.98 Å². The summed E-state index contributed by atoms with van der Waals surface area (Å²) in [6.45, 7) is 0.573. The summed E-state index contributed by atoms with van der Waals surface area (Å²) in [5.41, 5.74) is 9.91. The summed E-state index contributed by atoms with van der Waals surface area (Å²) in [4.78, 5) is 9.55. The minimum Gasteiger partial charge on any atom is -0.383 e. The SMILES string of the molecule is Nc1c2c(-c3cccc(Cl)c3)nc(NC3CCCC3)nc2nn1Cc1ccccc1. The fourth-order valence-corrected chi connectivity index (χ4v) is 4.28. The van der Waals surface area contributed by atoms with E-state index in [1.165, 1.54) is 12.8 Å². The molecule has 0 unspecified atom stereocenters. The molecule has 0 saturated heterocycles. The van der Waals surface area contributed by atoms with Gasteiger partial charge in [-0.1, -0.05) is 66.9 Å². The summed E-state index contributed by atoms with van der Waals surface area (Å²) in [7, 11) is 0. The van der Waals surface area contributed by atoms with E-state index in [9.17, 15) is 0 Å². The number of rotatable bonds is 5. The van der Waals surface area contributed by atoms with Gasteiger partial charge < -0.3 is 11.1 Å². The number of benzene rings is 2. The largest absolute Gasteiger partial charge is 0.383 e. The summed E-state index contributed by atoms with van der Waals surface area (Å²) in [6.07, 6.45) is 4.75. The zero-order valence-corrected chi connectivity index (χ0v) is 17.3. The van der Waals surface area contributed by atoms with Gasteiger partial charge in [-0.25, -0.2) is 9.67 Å². The molecule has 4 aromatic rings. The van der Waals surface area contributed by atoms with Crippen LogP contribution in [0.15, 0.2) is 54.6 Å². The van der Waals surface area contributed by atoms with Crippen molar-refractivity contribution in [1.29, 1.82) is 0 Å². The normalized spacial score (nSPS) is 14.4. The first-order valence-corrected chi connectivity index (χ1v) is 10.7. The zero-order valence-electron chi connectivity index (χ0n) is 16.6. The lowest BCUT2D eigenvalue weighted by Crippen LogP contribution is -2.17. The number of hydrogen-bond acceptors (Lipinski definition) is 5. The summed E-state index contributed by atoms with van der Waals surface area (Å²) < 4.78 is 1.79. The standard InChI is InChI=1S/C23H23ClN6/c24-17-10-6-9-16(13-17)20-19-21(25)30(14-15-7-2-1-3-8-15)29-22(19)28-23(27-20)26-18-11-4-5-12-18/h1-3,6-10,13,18H,4-5,11-12,14,25H2,(H,26,28,29). The van der Waals surface area contributed by atoms with E-state index in [2.05, 4.69) is 17.4 Å². The fraction of sp³-hybridized carbons (Fsp3) is 0.261. The molecule has 2 aromatic heterocycles. The molecule has 7 heteroatoms. The molecule has 1 aliphatic carbocycles. The first kappa shape index (κ1) is 18.9. The average Bonchev–Trinajstić information content (AvgIpc) is 3.36. The van der Waals surface area contributed by atoms with Crippen molar-refractivity contribution in [1.82, 2.24) is 19.7 Å². The van der Waals surface area contributed by atoms with Gasteiger partial charge in [0, 0.05) is 16.6 Å². The lowest BCUT2D eigenvalue weighted by molar-refractivity contribution is 0.703. The van der Waals surface area contributed by atoms with Gasteiger partial charge in [-0.15, -0.1) is 5.10 Å². The second-order valence-corrected chi connectivity index (χ2v) is 8.20. The Labute approximate surface area is 180 Å². The Hall–Kier alpha value is -3.12. The molecule has 2 heterocycles. The number of nitrogen functional groups attached to an aromatic ring is 1. The fourth-order valence-electron chi connectivity index (χ4n) is 4.09. The van der Waals surface area contributed by atoms with Crippen molar-refractivity contribution in [2.24, 2.45) is 0 Å². The number of nitrogens with zero attached hydrogens (tertiary/aromatic N) is 4. The Balaban J connectivity index is 1.63. The highest BCUT2D eigenvalue weighted by Gasteiger charge is 2.21. The molecule has 0 amide bonds. The van der Waals surface area contributed by atoms with Crippen LogP contribution in [-0.4, -0.2) is 25.8 Å². The highest BCUT2D eigenvalue weighted by atomic mass is 35.5. The van der Waals surface area contributed by atoms with Crippen LogP contribution in [0.2, 0.25) is 5.02 Å². The van der Waals surface area contributed by atoms with Crippen LogP contribution >= 0.6 is 11.6 Å². The molecule has 5 rings (SSSR count). The summed E-state index contributed by atoms with van der Waals surface area (Å²) in [5, 5.41) is 9.62. The highest BCUT2D eigenvalue weighted by Crippen LogP contribution is 2.33. The van der Waals surface area contributed by atoms with Crippen LogP contribution < -0.4 is 11.1 Å². The zero-order chi connectivity index (χ0) is 20.5. The molecule has 0 aliphatic heterocycles. The smallest absolute Gasteiger partial charge is 0.225 e. The third-order valence-electron chi connectivity index (χ3n) is 5.60. The van der Waals surface area contributed by atoms with Crippen molar-refractivity contribution in [3.63, 3.8) is 0 Å². The maximum absolute atomic E-state index is 6.54. The van der Waals surface area contributed by atoms with E-state index in [1.807, 2.05) is 42.5 Å². The molecule has 0 atom stereocenters. The minimum atomic E-state index is 0.401. The monoisotopic (exact) mass is 418 g/mol. The molecule has 3 N–H and O–H groups in total. The van der Waals surface area contributed by atoms with Gasteiger partial charge in [0.2, 0.25) is 5.95 Å². The molecule has 0 spiro atoms. The lowest BCUT2D eigenvalue weighted by Gasteiger charge is -2.13. The molecule has 1 fully saturated rings. The number of halogens is 1. The maximum Gasteiger partial charge on any atom is 0.225 e. The van der Waals surface area contributed by atoms with Crippen LogP contribution in [0.5, 0.6) is 0 Å². The third-order valence-corrected chi connectivity index (χ3v) is 5.84. The van der Waals surface area contributed by atoms with Crippen molar-refractivity contribution in [3.8, 4) is 11.3 Å². The summed E-state index contributed by atoms with van der Waals surface area (Å²) >= 11 is 6.26. The van der Waals surface area contributed by atoms with Crippen molar-refractivity contribution in [3.05, 3.63) is 65.2 Å². The van der Waals surface area contributed by atoms with E-state index in [0.29, 0.717) is 35.0 Å². The first-order valence-electron chi connectivity index (χ1n) is 10.3. The second kappa shape index (κ2) is 7.95. The topological polar surface area (TPSA) is 81.7 Å². The summed E-state index contributed by atoms with van der Waals surface area (Å²) in [6, 6.07) is 18.2. The van der Waals surface area contributed by atoms with Crippen molar-refractivity contribution in [2.45, 2.75) is 38.3 Å². The third kappa shape index (κ3) is 3.71. The van der Waals surface area contributed by atoms with Crippen LogP contribution in [0.1, 0.15) is 31.2 Å². The predicted octanol–water partition coefficient (Wildman–Crippen LogP) is 5.13. The van der Waals surface area contributed by atoms with Crippen molar-refractivity contribution in [2.75, 3.05) is 11.1 Å². The van der Waals surface area contributed by atoms with Gasteiger partial charge in [0.05, 0.1) is 17.6 Å². The Kier molecular flexibility index (Phi) is 5.01. The Bertz CT molecular complexity index is 1180. The number of fused-ring (bicyclic) bond motifs is 1. The second-order valence-electron chi connectivity index (χ2n) is 7.76. The summed E-state index contributed by atoms with van der Waals surface area (Å²) in [5.74, 6) is 1.14. The van der Waals surface area contributed by atoms with E-state index in [1.54, 1.807) is 4.68 Å². The number of hydrogen-bond donors (Lipinski definition) is 2. The van der Waals surface area contributed by atoms with Gasteiger partial charge in [0.25, 0.3) is 0 Å². The van der Waals surface area contributed by atoms with Gasteiger partial charge in [0.1, 0.15) is 5.82 Å². The average molecular weight is 419 g/mol. The number of anilines is 2. The molecule has 1 aliphatic rings. The molecule has 0 bridgehead atoms. The highest BCUT2D eigenvalue weighted by molar-refractivity contribution is 6.30. The van der Waals surface area contributed by atoms with Crippen LogP contribution in [0.3, 0.4) is 0 Å². The maximum atomic E-state index is 6.54. The Morgan fingerprint density at radius 3 is 2.60 bits per heavy atom. The number of aromatic nitrogens is 4. The molecule has 0 radical (unpaired) electrons. The molecule has 152 valence electrons.